The highest BCUT2D eigenvalue weighted by Crippen LogP contribution is 2.26. The van der Waals surface area contributed by atoms with Gasteiger partial charge in [0, 0.05) is 0 Å². The van der Waals surface area contributed by atoms with Gasteiger partial charge in [-0.2, -0.15) is 0 Å². The van der Waals surface area contributed by atoms with Gasteiger partial charge in [-0.3, -0.25) is 9.59 Å². The molecule has 0 heterocycles. The lowest BCUT2D eigenvalue weighted by Crippen LogP contribution is -2.46. The highest BCUT2D eigenvalue weighted by Gasteiger charge is 2.34. The third-order valence-corrected chi connectivity index (χ3v) is 3.42. The first-order valence-electron chi connectivity index (χ1n) is 6.26. The summed E-state index contributed by atoms with van der Waals surface area (Å²) in [4.78, 5) is 23.2. The molecule has 3 atom stereocenters. The molecule has 0 radical (unpaired) electrons. The van der Waals surface area contributed by atoms with Crippen LogP contribution < -0.4 is 5.32 Å². The Morgan fingerprint density at radius 3 is 2.28 bits per heavy atom. The topological polar surface area (TPSA) is 86.6 Å². The molecule has 5 nitrogen and oxygen atoms in total. The van der Waals surface area contributed by atoms with Crippen LogP contribution in [0.1, 0.15) is 26.7 Å². The molecular formula is C13H21NO4. The summed E-state index contributed by atoms with van der Waals surface area (Å²) in [6.45, 7) is 3.66. The van der Waals surface area contributed by atoms with Gasteiger partial charge in [0.05, 0.1) is 24.5 Å². The van der Waals surface area contributed by atoms with E-state index in [1.807, 2.05) is 19.9 Å². The fourth-order valence-corrected chi connectivity index (χ4v) is 2.09. The standard InChI is InChI=1S/C13H21NO4/c1-8(2)11(7-15)14-12(16)9-5-3-4-6-10(9)13(17)18/h3-4,8-11,15H,5-7H2,1-2H3,(H,14,16)(H,17,18)/t9-,10+,11-/m1/s1. The molecular weight excluding hydrogens is 234 g/mol. The summed E-state index contributed by atoms with van der Waals surface area (Å²) < 4.78 is 0. The van der Waals surface area contributed by atoms with Crippen molar-refractivity contribution < 1.29 is 19.8 Å². The van der Waals surface area contributed by atoms with Crippen LogP contribution >= 0.6 is 0 Å². The second-order valence-corrected chi connectivity index (χ2v) is 5.04. The van der Waals surface area contributed by atoms with Gasteiger partial charge in [0.15, 0.2) is 0 Å². The van der Waals surface area contributed by atoms with Crippen molar-refractivity contribution in [2.24, 2.45) is 17.8 Å². The molecule has 18 heavy (non-hydrogen) atoms. The first kappa shape index (κ1) is 14.7. The Morgan fingerprint density at radius 2 is 1.83 bits per heavy atom. The van der Waals surface area contributed by atoms with Crippen molar-refractivity contribution in [1.29, 1.82) is 0 Å². The highest BCUT2D eigenvalue weighted by atomic mass is 16.4. The summed E-state index contributed by atoms with van der Waals surface area (Å²) in [6, 6.07) is -0.321. The fourth-order valence-electron chi connectivity index (χ4n) is 2.09. The monoisotopic (exact) mass is 255 g/mol. The number of rotatable bonds is 5. The van der Waals surface area contributed by atoms with Crippen molar-refractivity contribution in [2.45, 2.75) is 32.7 Å². The third-order valence-electron chi connectivity index (χ3n) is 3.42. The molecule has 0 aromatic rings. The van der Waals surface area contributed by atoms with E-state index in [2.05, 4.69) is 5.32 Å². The number of allylic oxidation sites excluding steroid dienone is 2. The quantitative estimate of drug-likeness (QED) is 0.634. The number of aliphatic hydroxyl groups excluding tert-OH is 1. The summed E-state index contributed by atoms with van der Waals surface area (Å²) in [5.74, 6) is -2.31. The van der Waals surface area contributed by atoms with Crippen molar-refractivity contribution in [1.82, 2.24) is 5.32 Å². The molecule has 0 fully saturated rings. The molecule has 0 aromatic carbocycles. The predicted octanol–water partition coefficient (Wildman–Crippen LogP) is 0.787. The van der Waals surface area contributed by atoms with Gasteiger partial charge in [-0.05, 0) is 18.8 Å². The number of amides is 1. The second kappa shape index (κ2) is 6.54. The molecule has 1 aliphatic carbocycles. The van der Waals surface area contributed by atoms with Crippen LogP contribution in [0.5, 0.6) is 0 Å². The van der Waals surface area contributed by atoms with Crippen LogP contribution in [0.4, 0.5) is 0 Å². The van der Waals surface area contributed by atoms with Gasteiger partial charge in [0.2, 0.25) is 5.91 Å². The van der Waals surface area contributed by atoms with Crippen LogP contribution in [-0.2, 0) is 9.59 Å². The summed E-state index contributed by atoms with van der Waals surface area (Å²) in [5.41, 5.74) is 0. The Labute approximate surface area is 107 Å². The van der Waals surface area contributed by atoms with Gasteiger partial charge in [0.25, 0.3) is 0 Å². The molecule has 0 bridgehead atoms. The van der Waals surface area contributed by atoms with Crippen LogP contribution in [0.2, 0.25) is 0 Å². The van der Waals surface area contributed by atoms with Crippen molar-refractivity contribution in [3.8, 4) is 0 Å². The number of carboxylic acid groups (broad SMARTS) is 1. The van der Waals surface area contributed by atoms with E-state index in [1.54, 1.807) is 6.08 Å². The maximum atomic E-state index is 12.1. The lowest BCUT2D eigenvalue weighted by molar-refractivity contribution is -0.147. The lowest BCUT2D eigenvalue weighted by Gasteiger charge is -2.27. The second-order valence-electron chi connectivity index (χ2n) is 5.04. The van der Waals surface area contributed by atoms with Crippen LogP contribution in [0.15, 0.2) is 12.2 Å². The van der Waals surface area contributed by atoms with Crippen LogP contribution in [-0.4, -0.2) is 34.7 Å². The maximum absolute atomic E-state index is 12.1. The molecule has 0 saturated carbocycles. The third kappa shape index (κ3) is 3.57. The average Bonchev–Trinajstić information content (AvgIpc) is 2.35. The fraction of sp³-hybridized carbons (Fsp3) is 0.692. The van der Waals surface area contributed by atoms with Gasteiger partial charge >= 0.3 is 5.97 Å². The van der Waals surface area contributed by atoms with Gasteiger partial charge in [-0.15, -0.1) is 0 Å². The van der Waals surface area contributed by atoms with Crippen molar-refractivity contribution in [3.63, 3.8) is 0 Å². The van der Waals surface area contributed by atoms with E-state index < -0.39 is 17.8 Å². The number of carbonyl (C=O) groups excluding carboxylic acids is 1. The summed E-state index contributed by atoms with van der Waals surface area (Å²) in [6.07, 6.45) is 4.47. The molecule has 102 valence electrons. The molecule has 0 aliphatic heterocycles. The Kier molecular flexibility index (Phi) is 5.34. The van der Waals surface area contributed by atoms with E-state index in [4.69, 9.17) is 5.11 Å². The molecule has 0 saturated heterocycles. The zero-order chi connectivity index (χ0) is 13.7. The Hall–Kier alpha value is -1.36. The zero-order valence-electron chi connectivity index (χ0n) is 10.8. The van der Waals surface area contributed by atoms with E-state index in [1.165, 1.54) is 0 Å². The van der Waals surface area contributed by atoms with E-state index in [9.17, 15) is 14.7 Å². The van der Waals surface area contributed by atoms with E-state index in [0.717, 1.165) is 0 Å². The zero-order valence-corrected chi connectivity index (χ0v) is 10.8. The number of nitrogens with one attached hydrogen (secondary N) is 1. The minimum Gasteiger partial charge on any atom is -0.481 e. The number of aliphatic carboxylic acids is 1. The smallest absolute Gasteiger partial charge is 0.307 e. The molecule has 1 amide bonds. The summed E-state index contributed by atoms with van der Waals surface area (Å²) in [5, 5.41) is 21.0. The van der Waals surface area contributed by atoms with Gasteiger partial charge < -0.3 is 15.5 Å². The largest absolute Gasteiger partial charge is 0.481 e. The Balaban J connectivity index is 2.69. The maximum Gasteiger partial charge on any atom is 0.307 e. The number of hydrogen-bond acceptors (Lipinski definition) is 3. The SMILES string of the molecule is CC(C)[C@@H](CO)NC(=O)[C@@H]1CC=CC[C@@H]1C(=O)O. The molecule has 1 rings (SSSR count). The van der Waals surface area contributed by atoms with E-state index in [0.29, 0.717) is 12.8 Å². The van der Waals surface area contributed by atoms with Crippen molar-refractivity contribution in [3.05, 3.63) is 12.2 Å². The lowest BCUT2D eigenvalue weighted by atomic mass is 9.82. The summed E-state index contributed by atoms with van der Waals surface area (Å²) >= 11 is 0. The van der Waals surface area contributed by atoms with Crippen LogP contribution in [0, 0.1) is 17.8 Å². The molecule has 5 heteroatoms. The van der Waals surface area contributed by atoms with Crippen LogP contribution in [0.3, 0.4) is 0 Å². The number of hydrogen-bond donors (Lipinski definition) is 3. The van der Waals surface area contributed by atoms with Gasteiger partial charge in [-0.25, -0.2) is 0 Å². The van der Waals surface area contributed by atoms with Crippen molar-refractivity contribution in [2.75, 3.05) is 6.61 Å². The predicted molar refractivity (Wildman–Crippen MR) is 66.8 cm³/mol. The minimum absolute atomic E-state index is 0.112. The normalized spacial score (nSPS) is 24.9. The minimum atomic E-state index is -0.940. The first-order chi connectivity index (χ1) is 8.47. The Morgan fingerprint density at radius 1 is 1.28 bits per heavy atom. The Bertz CT molecular complexity index is 338. The van der Waals surface area contributed by atoms with Gasteiger partial charge in [-0.1, -0.05) is 26.0 Å². The number of carboxylic acids is 1. The first-order valence-corrected chi connectivity index (χ1v) is 6.26. The van der Waals surface area contributed by atoms with Gasteiger partial charge in [0.1, 0.15) is 0 Å². The molecule has 0 aromatic heterocycles. The average molecular weight is 255 g/mol. The van der Waals surface area contributed by atoms with Crippen molar-refractivity contribution >= 4 is 11.9 Å². The highest BCUT2D eigenvalue weighted by molar-refractivity contribution is 5.85. The molecule has 1 aliphatic rings. The van der Waals surface area contributed by atoms with E-state index in [-0.39, 0.29) is 24.5 Å². The van der Waals surface area contributed by atoms with Crippen LogP contribution in [0.25, 0.3) is 0 Å². The molecule has 0 unspecified atom stereocenters. The molecule has 3 N–H and O–H groups in total. The van der Waals surface area contributed by atoms with E-state index >= 15 is 0 Å². The number of carbonyl (C=O) groups is 2. The number of aliphatic hydroxyl groups is 1. The summed E-state index contributed by atoms with van der Waals surface area (Å²) in [7, 11) is 0. The molecule has 0 spiro atoms.